The maximum Gasteiger partial charge on any atom is 0.387 e. The lowest BCUT2D eigenvalue weighted by Gasteiger charge is -2.22. The van der Waals surface area contributed by atoms with Crippen molar-refractivity contribution in [3.05, 3.63) is 29.8 Å². The van der Waals surface area contributed by atoms with Gasteiger partial charge in [-0.2, -0.15) is 8.78 Å². The third-order valence-corrected chi connectivity index (χ3v) is 3.45. The molecule has 0 radical (unpaired) electrons. The number of hydrogen-bond acceptors (Lipinski definition) is 3. The molecule has 136 valence electrons. The minimum absolute atomic E-state index is 0.162. The molecular weight excluding hydrogens is 316 g/mol. The zero-order chi connectivity index (χ0) is 17.8. The second-order valence-corrected chi connectivity index (χ2v) is 5.41. The Morgan fingerprint density at radius 3 is 2.50 bits per heavy atom. The van der Waals surface area contributed by atoms with Crippen molar-refractivity contribution < 1.29 is 18.3 Å². The van der Waals surface area contributed by atoms with Crippen LogP contribution >= 0.6 is 0 Å². The molecule has 0 heterocycles. The summed E-state index contributed by atoms with van der Waals surface area (Å²) >= 11 is 0. The summed E-state index contributed by atoms with van der Waals surface area (Å²) in [4.78, 5) is 6.24. The first kappa shape index (κ1) is 20.2. The second kappa shape index (κ2) is 11.6. The SMILES string of the molecule is CN=C(NCCCCCOC)N(C)Cc1ccc(OC(F)F)cc1. The highest BCUT2D eigenvalue weighted by atomic mass is 19.3. The predicted molar refractivity (Wildman–Crippen MR) is 91.6 cm³/mol. The van der Waals surface area contributed by atoms with E-state index in [1.54, 1.807) is 38.4 Å². The Morgan fingerprint density at radius 1 is 1.21 bits per heavy atom. The summed E-state index contributed by atoms with van der Waals surface area (Å²) in [7, 11) is 5.38. The number of rotatable bonds is 10. The molecule has 0 saturated heterocycles. The van der Waals surface area contributed by atoms with Gasteiger partial charge in [-0.1, -0.05) is 12.1 Å². The van der Waals surface area contributed by atoms with Gasteiger partial charge in [0.25, 0.3) is 0 Å². The van der Waals surface area contributed by atoms with Crippen LogP contribution in [0.3, 0.4) is 0 Å². The minimum atomic E-state index is -2.80. The normalized spacial score (nSPS) is 11.7. The van der Waals surface area contributed by atoms with Crippen LogP contribution in [0.25, 0.3) is 0 Å². The van der Waals surface area contributed by atoms with E-state index in [0.29, 0.717) is 6.54 Å². The van der Waals surface area contributed by atoms with Crippen molar-refractivity contribution in [3.63, 3.8) is 0 Å². The van der Waals surface area contributed by atoms with Gasteiger partial charge in [-0.25, -0.2) is 0 Å². The Morgan fingerprint density at radius 2 is 1.92 bits per heavy atom. The molecule has 1 rings (SSSR count). The van der Waals surface area contributed by atoms with Gasteiger partial charge in [0.2, 0.25) is 0 Å². The Labute approximate surface area is 142 Å². The van der Waals surface area contributed by atoms with Crippen LogP contribution in [0.5, 0.6) is 5.75 Å². The second-order valence-electron chi connectivity index (χ2n) is 5.41. The number of halogens is 2. The summed E-state index contributed by atoms with van der Waals surface area (Å²) in [6.45, 7) is -0.537. The summed E-state index contributed by atoms with van der Waals surface area (Å²) in [6, 6.07) is 6.63. The minimum Gasteiger partial charge on any atom is -0.435 e. The smallest absolute Gasteiger partial charge is 0.387 e. The van der Waals surface area contributed by atoms with Gasteiger partial charge in [0.1, 0.15) is 5.75 Å². The number of alkyl halides is 2. The average molecular weight is 343 g/mol. The number of unbranched alkanes of at least 4 members (excludes halogenated alkanes) is 2. The topological polar surface area (TPSA) is 46.1 Å². The molecule has 1 N–H and O–H groups in total. The Bertz CT molecular complexity index is 481. The van der Waals surface area contributed by atoms with E-state index >= 15 is 0 Å². The van der Waals surface area contributed by atoms with E-state index in [4.69, 9.17) is 4.74 Å². The van der Waals surface area contributed by atoms with Crippen molar-refractivity contribution in [2.45, 2.75) is 32.4 Å². The van der Waals surface area contributed by atoms with Crippen LogP contribution in [0, 0.1) is 0 Å². The van der Waals surface area contributed by atoms with Gasteiger partial charge in [-0.15, -0.1) is 0 Å². The molecule has 0 fully saturated rings. The van der Waals surface area contributed by atoms with Gasteiger partial charge in [0.15, 0.2) is 5.96 Å². The maximum absolute atomic E-state index is 12.1. The third kappa shape index (κ3) is 8.10. The molecule has 0 spiro atoms. The van der Waals surface area contributed by atoms with Crippen LogP contribution in [0.2, 0.25) is 0 Å². The summed E-state index contributed by atoms with van der Waals surface area (Å²) in [5.41, 5.74) is 0.988. The first-order chi connectivity index (χ1) is 11.6. The predicted octanol–water partition coefficient (Wildman–Crippen LogP) is 3.11. The highest BCUT2D eigenvalue weighted by Gasteiger charge is 2.08. The fourth-order valence-electron chi connectivity index (χ4n) is 2.26. The van der Waals surface area contributed by atoms with Gasteiger partial charge in [-0.05, 0) is 37.0 Å². The molecule has 0 unspecified atom stereocenters. The van der Waals surface area contributed by atoms with E-state index in [9.17, 15) is 8.78 Å². The highest BCUT2D eigenvalue weighted by Crippen LogP contribution is 2.15. The summed E-state index contributed by atoms with van der Waals surface area (Å²) in [5.74, 6) is 0.963. The number of hydrogen-bond donors (Lipinski definition) is 1. The van der Waals surface area contributed by atoms with Crippen LogP contribution in [0.15, 0.2) is 29.3 Å². The number of guanidine groups is 1. The van der Waals surface area contributed by atoms with Crippen molar-refractivity contribution >= 4 is 5.96 Å². The van der Waals surface area contributed by atoms with Crippen LogP contribution in [-0.4, -0.2) is 51.8 Å². The van der Waals surface area contributed by atoms with Gasteiger partial charge in [0, 0.05) is 40.9 Å². The lowest BCUT2D eigenvalue weighted by Crippen LogP contribution is -2.38. The fraction of sp³-hybridized carbons (Fsp3) is 0.588. The van der Waals surface area contributed by atoms with Crippen molar-refractivity contribution in [3.8, 4) is 5.75 Å². The fourth-order valence-corrected chi connectivity index (χ4v) is 2.26. The van der Waals surface area contributed by atoms with Gasteiger partial charge in [0.05, 0.1) is 0 Å². The van der Waals surface area contributed by atoms with Crippen molar-refractivity contribution in [1.29, 1.82) is 0 Å². The largest absolute Gasteiger partial charge is 0.435 e. The average Bonchev–Trinajstić information content (AvgIpc) is 2.55. The van der Waals surface area contributed by atoms with E-state index in [1.165, 1.54) is 0 Å². The molecule has 7 heteroatoms. The molecule has 1 aromatic carbocycles. The number of benzene rings is 1. The molecule has 5 nitrogen and oxygen atoms in total. The molecule has 0 saturated carbocycles. The van der Waals surface area contributed by atoms with E-state index < -0.39 is 6.61 Å². The summed E-state index contributed by atoms with van der Waals surface area (Å²) in [5, 5.41) is 3.32. The molecule has 0 bridgehead atoms. The van der Waals surface area contributed by atoms with Gasteiger partial charge in [-0.3, -0.25) is 4.99 Å². The molecule has 0 aromatic heterocycles. The summed E-state index contributed by atoms with van der Waals surface area (Å²) in [6.07, 6.45) is 3.21. The monoisotopic (exact) mass is 343 g/mol. The number of nitrogens with one attached hydrogen (secondary N) is 1. The lowest BCUT2D eigenvalue weighted by molar-refractivity contribution is -0.0498. The first-order valence-electron chi connectivity index (χ1n) is 8.01. The van der Waals surface area contributed by atoms with E-state index in [1.807, 2.05) is 11.9 Å². The van der Waals surface area contributed by atoms with E-state index in [2.05, 4.69) is 15.0 Å². The lowest BCUT2D eigenvalue weighted by atomic mass is 10.2. The molecule has 0 aliphatic heterocycles. The molecule has 1 aromatic rings. The van der Waals surface area contributed by atoms with E-state index in [0.717, 1.165) is 43.9 Å². The van der Waals surface area contributed by atoms with Gasteiger partial charge < -0.3 is 19.7 Å². The summed E-state index contributed by atoms with van der Waals surface area (Å²) < 4.78 is 33.6. The molecular formula is C17H27F2N3O2. The van der Waals surface area contributed by atoms with Crippen molar-refractivity contribution in [2.75, 3.05) is 34.4 Å². The quantitative estimate of drug-likeness (QED) is 0.403. The third-order valence-electron chi connectivity index (χ3n) is 3.45. The van der Waals surface area contributed by atoms with Crippen LogP contribution in [-0.2, 0) is 11.3 Å². The number of ether oxygens (including phenoxy) is 2. The van der Waals surface area contributed by atoms with E-state index in [-0.39, 0.29) is 5.75 Å². The standard InChI is InChI=1S/C17H27F2N3O2/c1-20-17(21-11-5-4-6-12-23-3)22(2)13-14-7-9-15(10-8-14)24-16(18)19/h7-10,16H,4-6,11-13H2,1-3H3,(H,20,21). The highest BCUT2D eigenvalue weighted by molar-refractivity contribution is 5.79. The number of methoxy groups -OCH3 is 1. The molecule has 0 atom stereocenters. The van der Waals surface area contributed by atoms with Crippen LogP contribution in [0.1, 0.15) is 24.8 Å². The number of nitrogens with zero attached hydrogens (tertiary/aromatic N) is 2. The molecule has 0 aliphatic carbocycles. The van der Waals surface area contributed by atoms with Crippen LogP contribution in [0.4, 0.5) is 8.78 Å². The zero-order valence-corrected chi connectivity index (χ0v) is 14.6. The molecule has 24 heavy (non-hydrogen) atoms. The van der Waals surface area contributed by atoms with Crippen LogP contribution < -0.4 is 10.1 Å². The Kier molecular flexibility index (Phi) is 9.76. The Balaban J connectivity index is 2.39. The van der Waals surface area contributed by atoms with Gasteiger partial charge >= 0.3 is 6.61 Å². The van der Waals surface area contributed by atoms with Crippen molar-refractivity contribution in [2.24, 2.45) is 4.99 Å². The van der Waals surface area contributed by atoms with Crippen molar-refractivity contribution in [1.82, 2.24) is 10.2 Å². The number of aliphatic imine (C=N–C) groups is 1. The molecule has 0 aliphatic rings. The maximum atomic E-state index is 12.1. The molecule has 0 amide bonds. The Hall–Kier alpha value is -1.89. The first-order valence-corrected chi connectivity index (χ1v) is 8.01. The zero-order valence-electron chi connectivity index (χ0n) is 14.6.